The molecular formula is C46H30N4S. The highest BCUT2D eigenvalue weighted by molar-refractivity contribution is 7.27. The molecule has 0 bridgehead atoms. The van der Waals surface area contributed by atoms with Crippen LogP contribution in [0, 0.1) is 0 Å². The third kappa shape index (κ3) is 5.09. The van der Waals surface area contributed by atoms with E-state index in [-0.39, 0.29) is 6.17 Å². The molecule has 1 aliphatic rings. The Hall–Kier alpha value is -6.43. The molecule has 51 heavy (non-hydrogen) atoms. The maximum absolute atomic E-state index is 5.17. The molecular weight excluding hydrogens is 641 g/mol. The second-order valence-corrected chi connectivity index (χ2v) is 13.8. The number of nitrogens with one attached hydrogen (secondary N) is 1. The van der Waals surface area contributed by atoms with E-state index in [0.29, 0.717) is 0 Å². The van der Waals surface area contributed by atoms with Gasteiger partial charge in [0.1, 0.15) is 11.7 Å². The van der Waals surface area contributed by atoms with Crippen LogP contribution in [-0.4, -0.2) is 16.7 Å². The molecule has 0 aliphatic carbocycles. The molecule has 0 amide bonds. The number of amidine groups is 2. The normalized spacial score (nSPS) is 13.4. The Labute approximate surface area is 299 Å². The van der Waals surface area contributed by atoms with E-state index in [0.717, 1.165) is 45.1 Å². The zero-order valence-corrected chi connectivity index (χ0v) is 28.3. The van der Waals surface area contributed by atoms with Crippen molar-refractivity contribution in [1.29, 1.82) is 0 Å². The summed E-state index contributed by atoms with van der Waals surface area (Å²) < 4.78 is 2.57. The van der Waals surface area contributed by atoms with Crippen LogP contribution in [0.1, 0.15) is 22.9 Å². The highest BCUT2D eigenvalue weighted by Gasteiger charge is 2.22. The predicted octanol–water partition coefficient (Wildman–Crippen LogP) is 11.6. The quantitative estimate of drug-likeness (QED) is 0.185. The third-order valence-electron chi connectivity index (χ3n) is 9.73. The van der Waals surface area contributed by atoms with Gasteiger partial charge in [-0.05, 0) is 28.8 Å². The van der Waals surface area contributed by atoms with Gasteiger partial charge in [0, 0.05) is 53.0 Å². The van der Waals surface area contributed by atoms with E-state index < -0.39 is 0 Å². The molecule has 5 heteroatoms. The Morgan fingerprint density at radius 1 is 0.451 bits per heavy atom. The first-order valence-electron chi connectivity index (χ1n) is 17.1. The van der Waals surface area contributed by atoms with Crippen LogP contribution in [0.4, 0.5) is 0 Å². The molecule has 1 aliphatic heterocycles. The van der Waals surface area contributed by atoms with E-state index in [1.54, 1.807) is 0 Å². The summed E-state index contributed by atoms with van der Waals surface area (Å²) in [6.07, 6.45) is -0.365. The Bertz CT molecular complexity index is 2750. The first-order chi connectivity index (χ1) is 25.3. The molecule has 0 spiro atoms. The molecule has 2 aromatic heterocycles. The summed E-state index contributed by atoms with van der Waals surface area (Å²) in [7, 11) is 0. The monoisotopic (exact) mass is 670 g/mol. The predicted molar refractivity (Wildman–Crippen MR) is 215 cm³/mol. The molecule has 4 nitrogen and oxygen atoms in total. The number of hydrogen-bond donors (Lipinski definition) is 1. The summed E-state index contributed by atoms with van der Waals surface area (Å²) in [4.78, 5) is 15.3. The number of aromatic nitrogens is 1. The minimum Gasteiger partial charge on any atom is -0.324 e. The zero-order valence-electron chi connectivity index (χ0n) is 27.5. The van der Waals surface area contributed by atoms with Gasteiger partial charge in [0.2, 0.25) is 0 Å². The molecule has 240 valence electrons. The standard InChI is InChI=1S/C46H30N4S/c1-4-13-30(14-5-1)42-36-27-28-37-40-34(20-12-22-39(40)51-43(37)41(36)35-19-10-11-21-38(35)47-42)29-23-25-33(26-24-29)46-49-44(31-15-6-2-7-16-31)48-45(50-46)32-17-8-3-9-18-32/h1-28,46H,(H,48,49,50). The fraction of sp³-hybridized carbons (Fsp3) is 0.0217. The average Bonchev–Trinajstić information content (AvgIpc) is 3.61. The molecule has 9 aromatic rings. The second-order valence-electron chi connectivity index (χ2n) is 12.8. The van der Waals surface area contributed by atoms with Crippen LogP contribution in [0.25, 0.3) is 64.2 Å². The molecule has 7 aromatic carbocycles. The smallest absolute Gasteiger partial charge is 0.169 e. The van der Waals surface area contributed by atoms with Crippen LogP contribution in [-0.2, 0) is 0 Å². The third-order valence-corrected chi connectivity index (χ3v) is 10.9. The van der Waals surface area contributed by atoms with Crippen LogP contribution < -0.4 is 5.32 Å². The largest absolute Gasteiger partial charge is 0.324 e. The minimum absolute atomic E-state index is 0.365. The van der Waals surface area contributed by atoms with Gasteiger partial charge in [-0.15, -0.1) is 11.3 Å². The Kier molecular flexibility index (Phi) is 7.03. The summed E-state index contributed by atoms with van der Waals surface area (Å²) in [5.74, 6) is 1.64. The summed E-state index contributed by atoms with van der Waals surface area (Å²) >= 11 is 1.87. The average molecular weight is 671 g/mol. The number of para-hydroxylation sites is 1. The maximum atomic E-state index is 5.17. The van der Waals surface area contributed by atoms with Crippen molar-refractivity contribution in [2.45, 2.75) is 6.17 Å². The number of aliphatic imine (C=N–C) groups is 2. The van der Waals surface area contributed by atoms with E-state index in [2.05, 4.69) is 139 Å². The first-order valence-corrected chi connectivity index (χ1v) is 18.0. The number of hydrogen-bond acceptors (Lipinski definition) is 5. The van der Waals surface area contributed by atoms with Crippen molar-refractivity contribution in [2.75, 3.05) is 0 Å². The summed E-state index contributed by atoms with van der Waals surface area (Å²) in [5.41, 5.74) is 8.66. The molecule has 3 heterocycles. The van der Waals surface area contributed by atoms with E-state index >= 15 is 0 Å². The number of rotatable bonds is 5. The fourth-order valence-corrected chi connectivity index (χ4v) is 8.58. The lowest BCUT2D eigenvalue weighted by molar-refractivity contribution is 0.756. The van der Waals surface area contributed by atoms with E-state index in [4.69, 9.17) is 15.0 Å². The Morgan fingerprint density at radius 2 is 1.06 bits per heavy atom. The van der Waals surface area contributed by atoms with E-state index in [1.807, 2.05) is 47.7 Å². The van der Waals surface area contributed by atoms with Gasteiger partial charge < -0.3 is 5.32 Å². The number of benzene rings is 7. The summed E-state index contributed by atoms with van der Waals surface area (Å²) in [5, 5.41) is 9.67. The lowest BCUT2D eigenvalue weighted by atomic mass is 9.95. The topological polar surface area (TPSA) is 49.6 Å². The first kappa shape index (κ1) is 29.5. The molecule has 0 saturated carbocycles. The molecule has 0 saturated heterocycles. The summed E-state index contributed by atoms with van der Waals surface area (Å²) in [6, 6.07) is 59.6. The minimum atomic E-state index is -0.365. The van der Waals surface area contributed by atoms with E-state index in [1.165, 1.54) is 47.5 Å². The Morgan fingerprint density at radius 3 is 1.75 bits per heavy atom. The lowest BCUT2D eigenvalue weighted by Gasteiger charge is -2.22. The van der Waals surface area contributed by atoms with Gasteiger partial charge in [0.15, 0.2) is 6.17 Å². The van der Waals surface area contributed by atoms with Crippen LogP contribution in [0.2, 0.25) is 0 Å². The van der Waals surface area contributed by atoms with Crippen molar-refractivity contribution in [3.8, 4) is 22.4 Å². The van der Waals surface area contributed by atoms with Gasteiger partial charge in [-0.2, -0.15) is 0 Å². The number of fused-ring (bicyclic) bond motifs is 7. The zero-order chi connectivity index (χ0) is 33.7. The summed E-state index contributed by atoms with van der Waals surface area (Å²) in [6.45, 7) is 0. The van der Waals surface area contributed by atoms with Gasteiger partial charge in [0.05, 0.1) is 11.2 Å². The maximum Gasteiger partial charge on any atom is 0.169 e. The highest BCUT2D eigenvalue weighted by atomic mass is 32.1. The molecule has 0 atom stereocenters. The second kappa shape index (κ2) is 12.2. The molecule has 0 unspecified atom stereocenters. The lowest BCUT2D eigenvalue weighted by Crippen LogP contribution is -2.35. The molecule has 0 fully saturated rings. The van der Waals surface area contributed by atoms with Crippen molar-refractivity contribution in [3.63, 3.8) is 0 Å². The van der Waals surface area contributed by atoms with E-state index in [9.17, 15) is 0 Å². The van der Waals surface area contributed by atoms with Crippen LogP contribution in [0.15, 0.2) is 180 Å². The van der Waals surface area contributed by atoms with Gasteiger partial charge >= 0.3 is 0 Å². The number of thiophene rings is 1. The molecule has 1 N–H and O–H groups in total. The molecule has 0 radical (unpaired) electrons. The van der Waals surface area contributed by atoms with Crippen molar-refractivity contribution < 1.29 is 0 Å². The van der Waals surface area contributed by atoms with Crippen LogP contribution >= 0.6 is 11.3 Å². The van der Waals surface area contributed by atoms with Crippen LogP contribution in [0.3, 0.4) is 0 Å². The Balaban J connectivity index is 1.11. The van der Waals surface area contributed by atoms with Gasteiger partial charge in [-0.25, -0.2) is 15.0 Å². The van der Waals surface area contributed by atoms with Crippen molar-refractivity contribution in [2.24, 2.45) is 9.98 Å². The highest BCUT2D eigenvalue weighted by Crippen LogP contribution is 2.46. The van der Waals surface area contributed by atoms with Gasteiger partial charge in [-0.1, -0.05) is 158 Å². The van der Waals surface area contributed by atoms with Crippen LogP contribution in [0.5, 0.6) is 0 Å². The van der Waals surface area contributed by atoms with Crippen molar-refractivity contribution in [3.05, 3.63) is 187 Å². The van der Waals surface area contributed by atoms with Crippen molar-refractivity contribution in [1.82, 2.24) is 10.3 Å². The van der Waals surface area contributed by atoms with Gasteiger partial charge in [-0.3, -0.25) is 0 Å². The SMILES string of the molecule is c1ccc(C2=NC(c3ccc(-c4cccc5sc6c(ccc7c(-c8ccccc8)nc8ccccc8c76)c45)cc3)N=C(c3ccccc3)N2)cc1. The van der Waals surface area contributed by atoms with Crippen molar-refractivity contribution >= 4 is 64.9 Å². The van der Waals surface area contributed by atoms with Gasteiger partial charge in [0.25, 0.3) is 0 Å². The number of pyridine rings is 1. The fourth-order valence-electron chi connectivity index (χ4n) is 7.29. The number of nitrogens with zero attached hydrogens (tertiary/aromatic N) is 3. The molecule has 10 rings (SSSR count).